The van der Waals surface area contributed by atoms with Crippen LogP contribution in [0.3, 0.4) is 0 Å². The number of methoxy groups -OCH3 is 1. The first-order valence-electron chi connectivity index (χ1n) is 7.13. The van der Waals surface area contributed by atoms with Crippen molar-refractivity contribution in [3.8, 4) is 5.75 Å². The summed E-state index contributed by atoms with van der Waals surface area (Å²) in [4.78, 5) is 2.24. The van der Waals surface area contributed by atoms with Gasteiger partial charge in [-0.3, -0.25) is 4.90 Å². The van der Waals surface area contributed by atoms with E-state index in [-0.39, 0.29) is 6.61 Å². The predicted octanol–water partition coefficient (Wildman–Crippen LogP) is 3.13. The maximum atomic E-state index is 9.27. The lowest BCUT2D eigenvalue weighted by molar-refractivity contribution is 0.280. The molecule has 0 saturated heterocycles. The summed E-state index contributed by atoms with van der Waals surface area (Å²) in [7, 11) is 3.77. The summed E-state index contributed by atoms with van der Waals surface area (Å²) in [5.74, 6) is 0.864. The summed E-state index contributed by atoms with van der Waals surface area (Å²) in [6.07, 6.45) is 0. The van der Waals surface area contributed by atoms with Gasteiger partial charge in [-0.25, -0.2) is 0 Å². The summed E-state index contributed by atoms with van der Waals surface area (Å²) in [5.41, 5.74) is 4.59. The Kier molecular flexibility index (Phi) is 5.37. The fourth-order valence-electron chi connectivity index (χ4n) is 2.52. The highest BCUT2D eigenvalue weighted by Gasteiger charge is 2.08. The topological polar surface area (TPSA) is 32.7 Å². The van der Waals surface area contributed by atoms with Gasteiger partial charge >= 0.3 is 0 Å². The molecule has 0 unspecified atom stereocenters. The van der Waals surface area contributed by atoms with Crippen molar-refractivity contribution >= 4 is 0 Å². The second-order valence-electron chi connectivity index (χ2n) is 5.47. The molecule has 0 spiro atoms. The maximum absolute atomic E-state index is 9.27. The lowest BCUT2D eigenvalue weighted by Gasteiger charge is -2.19. The molecule has 1 N–H and O–H groups in total. The van der Waals surface area contributed by atoms with E-state index < -0.39 is 0 Å². The number of rotatable bonds is 6. The first-order valence-corrected chi connectivity index (χ1v) is 7.13. The van der Waals surface area contributed by atoms with Crippen molar-refractivity contribution in [3.05, 3.63) is 64.7 Å². The fourth-order valence-corrected chi connectivity index (χ4v) is 2.52. The van der Waals surface area contributed by atoms with Gasteiger partial charge in [0.25, 0.3) is 0 Å². The van der Waals surface area contributed by atoms with E-state index in [2.05, 4.69) is 43.1 Å². The molecule has 0 aliphatic rings. The van der Waals surface area contributed by atoms with Crippen molar-refractivity contribution in [2.45, 2.75) is 26.6 Å². The third-order valence-corrected chi connectivity index (χ3v) is 3.50. The minimum absolute atomic E-state index is 0.0542. The molecule has 0 amide bonds. The number of hydrogen-bond donors (Lipinski definition) is 1. The number of aliphatic hydroxyl groups is 1. The number of aryl methyl sites for hydroxylation is 1. The molecule has 0 radical (unpaired) electrons. The van der Waals surface area contributed by atoms with Gasteiger partial charge in [0.1, 0.15) is 5.75 Å². The highest BCUT2D eigenvalue weighted by atomic mass is 16.5. The smallest absolute Gasteiger partial charge is 0.123 e. The van der Waals surface area contributed by atoms with Gasteiger partial charge in [-0.1, -0.05) is 35.9 Å². The molecule has 0 heterocycles. The van der Waals surface area contributed by atoms with Crippen molar-refractivity contribution in [1.82, 2.24) is 4.90 Å². The zero-order chi connectivity index (χ0) is 15.2. The third kappa shape index (κ3) is 4.31. The second kappa shape index (κ2) is 7.25. The van der Waals surface area contributed by atoms with E-state index in [1.807, 2.05) is 18.2 Å². The van der Waals surface area contributed by atoms with E-state index in [1.54, 1.807) is 7.11 Å². The average Bonchev–Trinajstić information content (AvgIpc) is 2.47. The van der Waals surface area contributed by atoms with Crippen molar-refractivity contribution in [1.29, 1.82) is 0 Å². The van der Waals surface area contributed by atoms with Crippen LogP contribution in [-0.4, -0.2) is 24.2 Å². The monoisotopic (exact) mass is 285 g/mol. The Bertz CT molecular complexity index is 596. The summed E-state index contributed by atoms with van der Waals surface area (Å²) in [6, 6.07) is 14.4. The fraction of sp³-hybridized carbons (Fsp3) is 0.333. The molecule has 0 aromatic heterocycles. The van der Waals surface area contributed by atoms with Gasteiger partial charge in [-0.15, -0.1) is 0 Å². The highest BCUT2D eigenvalue weighted by molar-refractivity contribution is 5.37. The third-order valence-electron chi connectivity index (χ3n) is 3.50. The molecule has 112 valence electrons. The molecule has 2 rings (SSSR count). The molecule has 0 saturated carbocycles. The predicted molar refractivity (Wildman–Crippen MR) is 85.3 cm³/mol. The van der Waals surface area contributed by atoms with Crippen molar-refractivity contribution in [2.75, 3.05) is 14.2 Å². The van der Waals surface area contributed by atoms with Gasteiger partial charge in [-0.05, 0) is 37.2 Å². The largest absolute Gasteiger partial charge is 0.496 e. The van der Waals surface area contributed by atoms with Crippen molar-refractivity contribution < 1.29 is 9.84 Å². The Morgan fingerprint density at radius 3 is 2.52 bits per heavy atom. The van der Waals surface area contributed by atoms with Crippen LogP contribution in [0.25, 0.3) is 0 Å². The number of ether oxygens (including phenoxy) is 1. The van der Waals surface area contributed by atoms with Crippen LogP contribution in [0.4, 0.5) is 0 Å². The minimum atomic E-state index is 0.0542. The van der Waals surface area contributed by atoms with E-state index in [1.165, 1.54) is 11.1 Å². The Morgan fingerprint density at radius 1 is 1.05 bits per heavy atom. The van der Waals surface area contributed by atoms with Crippen molar-refractivity contribution in [3.63, 3.8) is 0 Å². The van der Waals surface area contributed by atoms with Crippen molar-refractivity contribution in [2.24, 2.45) is 0 Å². The second-order valence-corrected chi connectivity index (χ2v) is 5.47. The standard InChI is InChI=1S/C18H23NO2/c1-14-5-4-6-15(9-14)11-19(2)12-17-10-16(13-20)7-8-18(17)21-3/h4-10,20H,11-13H2,1-3H3. The molecule has 2 aromatic rings. The van der Waals surface area contributed by atoms with Crippen LogP contribution >= 0.6 is 0 Å². The van der Waals surface area contributed by atoms with Gasteiger partial charge in [0.15, 0.2) is 0 Å². The lowest BCUT2D eigenvalue weighted by atomic mass is 10.1. The van der Waals surface area contributed by atoms with Crippen LogP contribution in [0.5, 0.6) is 5.75 Å². The molecule has 3 nitrogen and oxygen atoms in total. The first kappa shape index (κ1) is 15.5. The van der Waals surface area contributed by atoms with Gasteiger partial charge < -0.3 is 9.84 Å². The first-order chi connectivity index (χ1) is 10.1. The zero-order valence-corrected chi connectivity index (χ0v) is 13.0. The SMILES string of the molecule is COc1ccc(CO)cc1CN(C)Cc1cccc(C)c1. The Hall–Kier alpha value is -1.84. The lowest BCUT2D eigenvalue weighted by Crippen LogP contribution is -2.18. The Morgan fingerprint density at radius 2 is 1.86 bits per heavy atom. The minimum Gasteiger partial charge on any atom is -0.496 e. The van der Waals surface area contributed by atoms with Crippen LogP contribution in [0, 0.1) is 6.92 Å². The van der Waals surface area contributed by atoms with Gasteiger partial charge in [0.2, 0.25) is 0 Å². The zero-order valence-electron chi connectivity index (χ0n) is 13.0. The quantitative estimate of drug-likeness (QED) is 0.885. The van der Waals surface area contributed by atoms with E-state index in [0.29, 0.717) is 0 Å². The van der Waals surface area contributed by atoms with Crippen LogP contribution in [0.1, 0.15) is 22.3 Å². The molecule has 2 aromatic carbocycles. The molecular formula is C18H23NO2. The highest BCUT2D eigenvalue weighted by Crippen LogP contribution is 2.22. The van der Waals surface area contributed by atoms with E-state index in [4.69, 9.17) is 4.74 Å². The van der Waals surface area contributed by atoms with Crippen LogP contribution in [-0.2, 0) is 19.7 Å². The van der Waals surface area contributed by atoms with E-state index in [9.17, 15) is 5.11 Å². The average molecular weight is 285 g/mol. The van der Waals surface area contributed by atoms with Gasteiger partial charge in [-0.2, -0.15) is 0 Å². The molecule has 0 fully saturated rings. The van der Waals surface area contributed by atoms with E-state index in [0.717, 1.165) is 30.0 Å². The van der Waals surface area contributed by atoms with Crippen LogP contribution < -0.4 is 4.74 Å². The Balaban J connectivity index is 2.09. The maximum Gasteiger partial charge on any atom is 0.123 e. The molecule has 0 aliphatic heterocycles. The summed E-state index contributed by atoms with van der Waals surface area (Å²) < 4.78 is 5.41. The molecule has 0 atom stereocenters. The molecule has 3 heteroatoms. The number of nitrogens with zero attached hydrogens (tertiary/aromatic N) is 1. The molecule has 0 bridgehead atoms. The summed E-state index contributed by atoms with van der Waals surface area (Å²) >= 11 is 0. The summed E-state index contributed by atoms with van der Waals surface area (Å²) in [6.45, 7) is 3.83. The summed E-state index contributed by atoms with van der Waals surface area (Å²) in [5, 5.41) is 9.27. The van der Waals surface area contributed by atoms with Crippen LogP contribution in [0.15, 0.2) is 42.5 Å². The van der Waals surface area contributed by atoms with Gasteiger partial charge in [0.05, 0.1) is 13.7 Å². The normalized spacial score (nSPS) is 10.9. The molecule has 21 heavy (non-hydrogen) atoms. The number of aliphatic hydroxyl groups excluding tert-OH is 1. The number of benzene rings is 2. The molecule has 0 aliphatic carbocycles. The van der Waals surface area contributed by atoms with E-state index >= 15 is 0 Å². The number of hydrogen-bond acceptors (Lipinski definition) is 3. The molecular weight excluding hydrogens is 262 g/mol. The Labute approximate surface area is 126 Å². The van der Waals surface area contributed by atoms with Gasteiger partial charge in [0, 0.05) is 18.7 Å². The van der Waals surface area contributed by atoms with Crippen LogP contribution in [0.2, 0.25) is 0 Å².